The van der Waals surface area contributed by atoms with Crippen molar-refractivity contribution in [3.8, 4) is 17.2 Å². The lowest BCUT2D eigenvalue weighted by Gasteiger charge is -2.10. The monoisotopic (exact) mass is 401 g/mol. The van der Waals surface area contributed by atoms with Crippen LogP contribution in [0.15, 0.2) is 42.5 Å². The molecule has 0 radical (unpaired) electrons. The summed E-state index contributed by atoms with van der Waals surface area (Å²) in [6.45, 7) is 1.54. The summed E-state index contributed by atoms with van der Waals surface area (Å²) in [5.41, 5.74) is 0.608. The highest BCUT2D eigenvalue weighted by Gasteiger charge is 2.16. The zero-order valence-electron chi connectivity index (χ0n) is 16.5. The third-order valence-electron chi connectivity index (χ3n) is 3.89. The third kappa shape index (κ3) is 6.24. The van der Waals surface area contributed by atoms with E-state index in [-0.39, 0.29) is 12.1 Å². The summed E-state index contributed by atoms with van der Waals surface area (Å²) in [5, 5.41) is 2.44. The first-order valence-corrected chi connectivity index (χ1v) is 8.90. The van der Waals surface area contributed by atoms with Crippen LogP contribution >= 0.6 is 0 Å². The van der Waals surface area contributed by atoms with Crippen LogP contribution in [-0.2, 0) is 9.53 Å². The number of rotatable bonds is 10. The van der Waals surface area contributed by atoms with E-state index < -0.39 is 24.3 Å². The second kappa shape index (κ2) is 10.7. The predicted octanol–water partition coefficient (Wildman–Crippen LogP) is 2.26. The zero-order valence-corrected chi connectivity index (χ0v) is 16.5. The molecule has 0 saturated heterocycles. The van der Waals surface area contributed by atoms with Crippen molar-refractivity contribution in [3.63, 3.8) is 0 Å². The van der Waals surface area contributed by atoms with Crippen LogP contribution in [0.25, 0.3) is 0 Å². The van der Waals surface area contributed by atoms with E-state index in [4.69, 9.17) is 18.9 Å². The minimum Gasteiger partial charge on any atom is -0.497 e. The van der Waals surface area contributed by atoms with E-state index in [0.29, 0.717) is 29.4 Å². The van der Waals surface area contributed by atoms with Crippen molar-refractivity contribution in [3.05, 3.63) is 53.6 Å². The highest BCUT2D eigenvalue weighted by atomic mass is 16.5. The van der Waals surface area contributed by atoms with Crippen LogP contribution < -0.4 is 19.5 Å². The van der Waals surface area contributed by atoms with Gasteiger partial charge in [0.25, 0.3) is 5.91 Å². The lowest BCUT2D eigenvalue weighted by atomic mass is 10.1. The summed E-state index contributed by atoms with van der Waals surface area (Å²) in [5.74, 6) is -0.161. The minimum atomic E-state index is -0.737. The molecule has 2 rings (SSSR count). The molecule has 0 fully saturated rings. The van der Waals surface area contributed by atoms with E-state index in [1.54, 1.807) is 36.4 Å². The fourth-order valence-corrected chi connectivity index (χ4v) is 2.43. The quantitative estimate of drug-likeness (QED) is 0.481. The first-order chi connectivity index (χ1) is 14.0. The van der Waals surface area contributed by atoms with Crippen LogP contribution in [0.4, 0.5) is 0 Å². The maximum atomic E-state index is 12.3. The van der Waals surface area contributed by atoms with Crippen molar-refractivity contribution < 1.29 is 33.3 Å². The van der Waals surface area contributed by atoms with Crippen LogP contribution in [0.3, 0.4) is 0 Å². The van der Waals surface area contributed by atoms with Crippen LogP contribution in [0.2, 0.25) is 0 Å². The summed E-state index contributed by atoms with van der Waals surface area (Å²) < 4.78 is 20.5. The Kier molecular flexibility index (Phi) is 8.02. The summed E-state index contributed by atoms with van der Waals surface area (Å²) in [6.07, 6.45) is 0. The van der Waals surface area contributed by atoms with Crippen LogP contribution in [-0.4, -0.2) is 51.6 Å². The minimum absolute atomic E-state index is 0.234. The molecule has 0 aliphatic carbocycles. The van der Waals surface area contributed by atoms with Crippen LogP contribution in [0.1, 0.15) is 27.6 Å². The molecule has 0 saturated carbocycles. The Bertz CT molecular complexity index is 862. The first kappa shape index (κ1) is 21.7. The number of methoxy groups -OCH3 is 2. The molecule has 0 atom stereocenters. The van der Waals surface area contributed by atoms with Crippen molar-refractivity contribution in [1.82, 2.24) is 5.32 Å². The van der Waals surface area contributed by atoms with E-state index in [0.717, 1.165) is 0 Å². The van der Waals surface area contributed by atoms with Gasteiger partial charge in [0.1, 0.15) is 23.8 Å². The molecular formula is C21H23NO7. The van der Waals surface area contributed by atoms with E-state index in [2.05, 4.69) is 5.32 Å². The van der Waals surface area contributed by atoms with E-state index in [9.17, 15) is 14.4 Å². The molecule has 0 spiro atoms. The van der Waals surface area contributed by atoms with Gasteiger partial charge in [0.2, 0.25) is 5.78 Å². The van der Waals surface area contributed by atoms with E-state index in [1.807, 2.05) is 6.92 Å². The van der Waals surface area contributed by atoms with E-state index >= 15 is 0 Å². The molecule has 1 amide bonds. The van der Waals surface area contributed by atoms with Crippen LogP contribution in [0.5, 0.6) is 17.2 Å². The van der Waals surface area contributed by atoms with Gasteiger partial charge in [-0.1, -0.05) is 0 Å². The fraction of sp³-hybridized carbons (Fsp3) is 0.286. The maximum Gasteiger partial charge on any atom is 0.325 e. The number of hydrogen-bond acceptors (Lipinski definition) is 7. The van der Waals surface area contributed by atoms with Gasteiger partial charge in [0.15, 0.2) is 6.61 Å². The number of ketones is 1. The van der Waals surface area contributed by atoms with Crippen molar-refractivity contribution in [1.29, 1.82) is 0 Å². The van der Waals surface area contributed by atoms with Gasteiger partial charge in [-0.2, -0.15) is 0 Å². The number of carbonyl (C=O) groups is 3. The molecule has 2 aromatic carbocycles. The average molecular weight is 401 g/mol. The smallest absolute Gasteiger partial charge is 0.325 e. The summed E-state index contributed by atoms with van der Waals surface area (Å²) in [6, 6.07) is 11.2. The molecule has 2 aromatic rings. The summed E-state index contributed by atoms with van der Waals surface area (Å²) in [7, 11) is 2.91. The van der Waals surface area contributed by atoms with Gasteiger partial charge in [0.05, 0.1) is 26.4 Å². The molecule has 0 unspecified atom stereocenters. The Hall–Kier alpha value is -3.55. The number of benzene rings is 2. The van der Waals surface area contributed by atoms with Crippen molar-refractivity contribution in [2.75, 3.05) is 34.0 Å². The molecule has 0 bridgehead atoms. The Balaban J connectivity index is 1.85. The predicted molar refractivity (Wildman–Crippen MR) is 105 cm³/mol. The maximum absolute atomic E-state index is 12.3. The van der Waals surface area contributed by atoms with Gasteiger partial charge < -0.3 is 24.3 Å². The highest BCUT2D eigenvalue weighted by molar-refractivity contribution is 6.01. The number of nitrogens with one attached hydrogen (secondary N) is 1. The third-order valence-corrected chi connectivity index (χ3v) is 3.89. The largest absolute Gasteiger partial charge is 0.497 e. The fourth-order valence-electron chi connectivity index (χ4n) is 2.43. The van der Waals surface area contributed by atoms with E-state index in [1.165, 1.54) is 20.3 Å². The number of Topliss-reactive ketones (excluding diaryl/α,β-unsaturated/α-hetero) is 1. The average Bonchev–Trinajstić information content (AvgIpc) is 2.76. The summed E-state index contributed by atoms with van der Waals surface area (Å²) >= 11 is 0. The Morgan fingerprint density at radius 3 is 2.24 bits per heavy atom. The Morgan fingerprint density at radius 2 is 1.62 bits per heavy atom. The van der Waals surface area contributed by atoms with Gasteiger partial charge in [-0.15, -0.1) is 0 Å². The van der Waals surface area contributed by atoms with Crippen LogP contribution in [0, 0.1) is 0 Å². The van der Waals surface area contributed by atoms with Gasteiger partial charge in [-0.05, 0) is 49.4 Å². The lowest BCUT2D eigenvalue weighted by Crippen LogP contribution is -2.31. The first-order valence-electron chi connectivity index (χ1n) is 8.90. The molecule has 0 aliphatic rings. The van der Waals surface area contributed by atoms with Gasteiger partial charge in [-0.25, -0.2) is 0 Å². The number of hydrogen-bond donors (Lipinski definition) is 1. The molecule has 0 aromatic heterocycles. The normalized spacial score (nSPS) is 10.0. The van der Waals surface area contributed by atoms with Gasteiger partial charge >= 0.3 is 5.97 Å². The number of esters is 1. The second-order valence-electron chi connectivity index (χ2n) is 5.79. The lowest BCUT2D eigenvalue weighted by molar-refractivity contribution is -0.141. The zero-order chi connectivity index (χ0) is 21.2. The molecule has 0 heterocycles. The van der Waals surface area contributed by atoms with Crippen molar-refractivity contribution in [2.45, 2.75) is 6.92 Å². The topological polar surface area (TPSA) is 100 Å². The van der Waals surface area contributed by atoms with Crippen molar-refractivity contribution >= 4 is 17.7 Å². The molecule has 29 heavy (non-hydrogen) atoms. The highest BCUT2D eigenvalue weighted by Crippen LogP contribution is 2.24. The molecular weight excluding hydrogens is 378 g/mol. The molecule has 0 aliphatic heterocycles. The number of ether oxygens (including phenoxy) is 4. The Labute approximate surface area is 168 Å². The van der Waals surface area contributed by atoms with Gasteiger partial charge in [0, 0.05) is 5.56 Å². The molecule has 1 N–H and O–H groups in total. The number of amides is 1. The van der Waals surface area contributed by atoms with Crippen molar-refractivity contribution in [2.24, 2.45) is 0 Å². The molecule has 8 heteroatoms. The Morgan fingerprint density at radius 1 is 0.931 bits per heavy atom. The standard InChI is InChI=1S/C21H23NO7/c1-4-28-15-7-5-14(6-8-15)21(25)22-12-20(24)29-13-18(23)17-11-16(26-2)9-10-19(17)27-3/h5-11H,4,12-13H2,1-3H3,(H,22,25). The van der Waals surface area contributed by atoms with Gasteiger partial charge in [-0.3, -0.25) is 14.4 Å². The number of carbonyl (C=O) groups excluding carboxylic acids is 3. The summed E-state index contributed by atoms with van der Waals surface area (Å²) in [4.78, 5) is 36.3. The molecule has 154 valence electrons. The SMILES string of the molecule is CCOc1ccc(C(=O)NCC(=O)OCC(=O)c2cc(OC)ccc2OC)cc1. The second-order valence-corrected chi connectivity index (χ2v) is 5.79. The molecule has 8 nitrogen and oxygen atoms in total.